The molecule has 1 heterocycles. The molecule has 2 rings (SSSR count). The molecule has 1 aromatic carbocycles. The number of hydrogen-bond donors (Lipinski definition) is 2. The second kappa shape index (κ2) is 5.81. The molecule has 0 saturated carbocycles. The fourth-order valence-corrected chi connectivity index (χ4v) is 2.47. The lowest BCUT2D eigenvalue weighted by atomic mass is 10.0. The zero-order chi connectivity index (χ0) is 14.8. The number of benzene rings is 1. The molecule has 20 heavy (non-hydrogen) atoms. The Morgan fingerprint density at radius 2 is 1.95 bits per heavy atom. The van der Waals surface area contributed by atoms with E-state index in [-0.39, 0.29) is 17.2 Å². The SMILES string of the molecule is CC(C)(CN)N1CCN(C(=O)c2cccc(O)c2)CC1. The van der Waals surface area contributed by atoms with Crippen molar-refractivity contribution in [3.63, 3.8) is 0 Å². The third-order valence-electron chi connectivity index (χ3n) is 4.02. The molecule has 1 aliphatic rings. The van der Waals surface area contributed by atoms with Crippen molar-refractivity contribution in [3.05, 3.63) is 29.8 Å². The Morgan fingerprint density at radius 3 is 2.50 bits per heavy atom. The fourth-order valence-electron chi connectivity index (χ4n) is 2.47. The molecule has 110 valence electrons. The molecule has 0 unspecified atom stereocenters. The molecule has 0 aliphatic carbocycles. The molecule has 3 N–H and O–H groups in total. The van der Waals surface area contributed by atoms with Crippen molar-refractivity contribution >= 4 is 5.91 Å². The van der Waals surface area contributed by atoms with Gasteiger partial charge in [0.2, 0.25) is 0 Å². The van der Waals surface area contributed by atoms with Crippen LogP contribution in [0.5, 0.6) is 5.75 Å². The van der Waals surface area contributed by atoms with Crippen molar-refractivity contribution in [1.29, 1.82) is 0 Å². The van der Waals surface area contributed by atoms with Crippen LogP contribution in [-0.4, -0.2) is 59.1 Å². The average Bonchev–Trinajstić information content (AvgIpc) is 2.46. The number of nitrogens with two attached hydrogens (primary N) is 1. The molecule has 0 spiro atoms. The van der Waals surface area contributed by atoms with E-state index in [0.29, 0.717) is 25.2 Å². The van der Waals surface area contributed by atoms with Crippen LogP contribution in [0.2, 0.25) is 0 Å². The van der Waals surface area contributed by atoms with Crippen LogP contribution in [0.25, 0.3) is 0 Å². The smallest absolute Gasteiger partial charge is 0.254 e. The zero-order valence-corrected chi connectivity index (χ0v) is 12.2. The standard InChI is InChI=1S/C15H23N3O2/c1-15(2,11-16)18-8-6-17(7-9-18)14(20)12-4-3-5-13(19)10-12/h3-5,10,19H,6-9,11,16H2,1-2H3. The minimum atomic E-state index is -0.0276. The molecule has 5 nitrogen and oxygen atoms in total. The van der Waals surface area contributed by atoms with Crippen molar-refractivity contribution in [2.24, 2.45) is 5.73 Å². The van der Waals surface area contributed by atoms with Gasteiger partial charge in [-0.05, 0) is 32.0 Å². The first kappa shape index (κ1) is 14.8. The number of piperazine rings is 1. The summed E-state index contributed by atoms with van der Waals surface area (Å²) in [7, 11) is 0. The van der Waals surface area contributed by atoms with Gasteiger partial charge >= 0.3 is 0 Å². The highest BCUT2D eigenvalue weighted by Crippen LogP contribution is 2.18. The molecule has 1 amide bonds. The zero-order valence-electron chi connectivity index (χ0n) is 12.2. The van der Waals surface area contributed by atoms with Crippen LogP contribution in [0.15, 0.2) is 24.3 Å². The Labute approximate surface area is 120 Å². The van der Waals surface area contributed by atoms with Crippen LogP contribution < -0.4 is 5.73 Å². The second-order valence-corrected chi connectivity index (χ2v) is 5.85. The number of phenols is 1. The molecular weight excluding hydrogens is 254 g/mol. The van der Waals surface area contributed by atoms with Crippen molar-refractivity contribution < 1.29 is 9.90 Å². The summed E-state index contributed by atoms with van der Waals surface area (Å²) < 4.78 is 0. The number of aromatic hydroxyl groups is 1. The maximum Gasteiger partial charge on any atom is 0.254 e. The number of phenolic OH excluding ortho intramolecular Hbond substituents is 1. The van der Waals surface area contributed by atoms with E-state index in [4.69, 9.17) is 5.73 Å². The van der Waals surface area contributed by atoms with E-state index >= 15 is 0 Å². The fraction of sp³-hybridized carbons (Fsp3) is 0.533. The number of hydrogen-bond acceptors (Lipinski definition) is 4. The van der Waals surface area contributed by atoms with Gasteiger partial charge in [-0.2, -0.15) is 0 Å². The van der Waals surface area contributed by atoms with Crippen molar-refractivity contribution in [2.45, 2.75) is 19.4 Å². The largest absolute Gasteiger partial charge is 0.508 e. The Bertz CT molecular complexity index is 480. The van der Waals surface area contributed by atoms with E-state index in [2.05, 4.69) is 18.7 Å². The monoisotopic (exact) mass is 277 g/mol. The normalized spacial score (nSPS) is 17.2. The van der Waals surface area contributed by atoms with E-state index in [1.54, 1.807) is 18.2 Å². The highest BCUT2D eigenvalue weighted by molar-refractivity contribution is 5.94. The van der Waals surface area contributed by atoms with Crippen LogP contribution in [0.4, 0.5) is 0 Å². The maximum absolute atomic E-state index is 12.3. The van der Waals surface area contributed by atoms with Gasteiger partial charge < -0.3 is 15.7 Å². The molecule has 0 bridgehead atoms. The van der Waals surface area contributed by atoms with Gasteiger partial charge in [-0.25, -0.2) is 0 Å². The number of carbonyl (C=O) groups is 1. The van der Waals surface area contributed by atoms with E-state index in [0.717, 1.165) is 13.1 Å². The van der Waals surface area contributed by atoms with Crippen LogP contribution in [0, 0.1) is 0 Å². The lowest BCUT2D eigenvalue weighted by Gasteiger charge is -2.43. The predicted molar refractivity (Wildman–Crippen MR) is 78.7 cm³/mol. The average molecular weight is 277 g/mol. The second-order valence-electron chi connectivity index (χ2n) is 5.85. The third kappa shape index (κ3) is 3.11. The van der Waals surface area contributed by atoms with E-state index in [1.165, 1.54) is 6.07 Å². The molecule has 0 aromatic heterocycles. The van der Waals surface area contributed by atoms with E-state index < -0.39 is 0 Å². The van der Waals surface area contributed by atoms with Crippen molar-refractivity contribution in [1.82, 2.24) is 9.80 Å². The Morgan fingerprint density at radius 1 is 1.30 bits per heavy atom. The molecular formula is C15H23N3O2. The molecule has 1 aliphatic heterocycles. The number of carbonyl (C=O) groups excluding carboxylic acids is 1. The summed E-state index contributed by atoms with van der Waals surface area (Å²) in [6, 6.07) is 6.51. The quantitative estimate of drug-likeness (QED) is 0.861. The van der Waals surface area contributed by atoms with Crippen LogP contribution >= 0.6 is 0 Å². The summed E-state index contributed by atoms with van der Waals surface area (Å²) >= 11 is 0. The number of rotatable bonds is 3. The van der Waals surface area contributed by atoms with Gasteiger partial charge in [-0.3, -0.25) is 9.69 Å². The summed E-state index contributed by atoms with van der Waals surface area (Å²) in [6.45, 7) is 7.90. The van der Waals surface area contributed by atoms with Crippen molar-refractivity contribution in [3.8, 4) is 5.75 Å². The third-order valence-corrected chi connectivity index (χ3v) is 4.02. The Kier molecular flexibility index (Phi) is 4.30. The topological polar surface area (TPSA) is 69.8 Å². The summed E-state index contributed by atoms with van der Waals surface area (Å²) in [6.07, 6.45) is 0. The lowest BCUT2D eigenvalue weighted by Crippen LogP contribution is -2.58. The highest BCUT2D eigenvalue weighted by Gasteiger charge is 2.30. The van der Waals surface area contributed by atoms with Crippen LogP contribution in [-0.2, 0) is 0 Å². The first-order valence-corrected chi connectivity index (χ1v) is 6.97. The van der Waals surface area contributed by atoms with Crippen LogP contribution in [0.3, 0.4) is 0 Å². The van der Waals surface area contributed by atoms with Crippen LogP contribution in [0.1, 0.15) is 24.2 Å². The minimum Gasteiger partial charge on any atom is -0.508 e. The number of nitrogens with zero attached hydrogens (tertiary/aromatic N) is 2. The van der Waals surface area contributed by atoms with E-state index in [1.807, 2.05) is 4.90 Å². The van der Waals surface area contributed by atoms with Crippen molar-refractivity contribution in [2.75, 3.05) is 32.7 Å². The molecule has 1 saturated heterocycles. The summed E-state index contributed by atoms with van der Waals surface area (Å²) in [5.41, 5.74) is 6.30. The Hall–Kier alpha value is -1.59. The Balaban J connectivity index is 1.99. The van der Waals surface area contributed by atoms with Gasteiger partial charge in [0.25, 0.3) is 5.91 Å². The molecule has 1 fully saturated rings. The minimum absolute atomic E-state index is 0.0221. The van der Waals surface area contributed by atoms with Gasteiger partial charge in [0.1, 0.15) is 5.75 Å². The number of amides is 1. The summed E-state index contributed by atoms with van der Waals surface area (Å²) in [4.78, 5) is 16.5. The molecule has 0 radical (unpaired) electrons. The molecule has 1 aromatic rings. The summed E-state index contributed by atoms with van der Waals surface area (Å²) in [5.74, 6) is 0.102. The maximum atomic E-state index is 12.3. The highest BCUT2D eigenvalue weighted by atomic mass is 16.3. The first-order chi connectivity index (χ1) is 9.44. The predicted octanol–water partition coefficient (Wildman–Crippen LogP) is 0.887. The van der Waals surface area contributed by atoms with Gasteiger partial charge in [-0.15, -0.1) is 0 Å². The van der Waals surface area contributed by atoms with E-state index in [9.17, 15) is 9.90 Å². The van der Waals surface area contributed by atoms with Gasteiger partial charge in [0.15, 0.2) is 0 Å². The lowest BCUT2D eigenvalue weighted by molar-refractivity contribution is 0.0426. The summed E-state index contributed by atoms with van der Waals surface area (Å²) in [5, 5.41) is 9.45. The first-order valence-electron chi connectivity index (χ1n) is 6.97. The van der Waals surface area contributed by atoms with Gasteiger partial charge in [0, 0.05) is 43.8 Å². The molecule has 5 heteroatoms. The van der Waals surface area contributed by atoms with Gasteiger partial charge in [0.05, 0.1) is 0 Å². The van der Waals surface area contributed by atoms with Gasteiger partial charge in [-0.1, -0.05) is 6.07 Å². The molecule has 0 atom stereocenters.